The van der Waals surface area contributed by atoms with Gasteiger partial charge in [-0.1, -0.05) is 0 Å². The standard InChI is InChI=1S/C15H27N3OS/c1-7-19-15(2-8-20-12-15)9-13(1)17-3-5-18(6-4-17)14-10-16-11-14/h13-14,16H,1-12H2. The van der Waals surface area contributed by atoms with Gasteiger partial charge in [-0.25, -0.2) is 0 Å². The minimum atomic E-state index is 0.239. The normalized spacial score (nSPS) is 41.1. The summed E-state index contributed by atoms with van der Waals surface area (Å²) in [6.07, 6.45) is 3.81. The van der Waals surface area contributed by atoms with Crippen LogP contribution in [0, 0.1) is 0 Å². The molecule has 0 aromatic carbocycles. The molecule has 0 bridgehead atoms. The van der Waals surface area contributed by atoms with Gasteiger partial charge in [0.1, 0.15) is 0 Å². The molecule has 4 nitrogen and oxygen atoms in total. The van der Waals surface area contributed by atoms with E-state index in [1.807, 2.05) is 0 Å². The number of hydrogen-bond acceptors (Lipinski definition) is 5. The molecule has 4 heterocycles. The van der Waals surface area contributed by atoms with Crippen molar-refractivity contribution < 1.29 is 4.74 Å². The number of thioether (sulfide) groups is 1. The van der Waals surface area contributed by atoms with Gasteiger partial charge in [-0.05, 0) is 25.0 Å². The van der Waals surface area contributed by atoms with Crippen molar-refractivity contribution in [3.05, 3.63) is 0 Å². The van der Waals surface area contributed by atoms with Crippen LogP contribution in [0.2, 0.25) is 0 Å². The SMILES string of the molecule is C1CC(N2CCN(C3CNC3)CC2)CC2(CCSC2)O1. The van der Waals surface area contributed by atoms with Crippen LogP contribution in [0.5, 0.6) is 0 Å². The van der Waals surface area contributed by atoms with Crippen LogP contribution in [-0.2, 0) is 4.74 Å². The lowest BCUT2D eigenvalue weighted by molar-refractivity contribution is -0.0956. The van der Waals surface area contributed by atoms with Crippen molar-refractivity contribution in [2.24, 2.45) is 0 Å². The molecule has 4 rings (SSSR count). The molecule has 0 aromatic rings. The van der Waals surface area contributed by atoms with Crippen LogP contribution in [-0.4, -0.2) is 84.9 Å². The molecule has 4 saturated heterocycles. The molecule has 4 aliphatic rings. The minimum Gasteiger partial charge on any atom is -0.374 e. The molecule has 2 unspecified atom stereocenters. The van der Waals surface area contributed by atoms with E-state index in [-0.39, 0.29) is 5.60 Å². The quantitative estimate of drug-likeness (QED) is 0.807. The van der Waals surface area contributed by atoms with Crippen molar-refractivity contribution in [2.45, 2.75) is 36.9 Å². The Labute approximate surface area is 126 Å². The topological polar surface area (TPSA) is 27.7 Å². The fourth-order valence-corrected chi connectivity index (χ4v) is 5.55. The summed E-state index contributed by atoms with van der Waals surface area (Å²) in [7, 11) is 0. The predicted octanol–water partition coefficient (Wildman–Crippen LogP) is 0.631. The first-order valence-electron chi connectivity index (χ1n) is 8.25. The van der Waals surface area contributed by atoms with E-state index in [2.05, 4.69) is 26.9 Å². The lowest BCUT2D eigenvalue weighted by Gasteiger charge is -2.48. The van der Waals surface area contributed by atoms with Crippen LogP contribution in [0.15, 0.2) is 0 Å². The highest BCUT2D eigenvalue weighted by atomic mass is 32.2. The van der Waals surface area contributed by atoms with Crippen LogP contribution in [0.4, 0.5) is 0 Å². The smallest absolute Gasteiger partial charge is 0.0795 e. The van der Waals surface area contributed by atoms with Gasteiger partial charge >= 0.3 is 0 Å². The maximum Gasteiger partial charge on any atom is 0.0795 e. The zero-order valence-electron chi connectivity index (χ0n) is 12.4. The Kier molecular flexibility index (Phi) is 3.98. The predicted molar refractivity (Wildman–Crippen MR) is 83.5 cm³/mol. The number of hydrogen-bond donors (Lipinski definition) is 1. The lowest BCUT2D eigenvalue weighted by atomic mass is 9.88. The third-order valence-corrected chi connectivity index (χ3v) is 6.90. The molecular weight excluding hydrogens is 270 g/mol. The van der Waals surface area contributed by atoms with E-state index >= 15 is 0 Å². The molecule has 0 aliphatic carbocycles. The average molecular weight is 297 g/mol. The monoisotopic (exact) mass is 297 g/mol. The summed E-state index contributed by atoms with van der Waals surface area (Å²) in [6.45, 7) is 8.47. The fraction of sp³-hybridized carbons (Fsp3) is 1.00. The number of nitrogens with zero attached hydrogens (tertiary/aromatic N) is 2. The molecule has 20 heavy (non-hydrogen) atoms. The Bertz CT molecular complexity index is 336. The van der Waals surface area contributed by atoms with Crippen LogP contribution < -0.4 is 5.32 Å². The van der Waals surface area contributed by atoms with E-state index in [0.29, 0.717) is 0 Å². The highest BCUT2D eigenvalue weighted by molar-refractivity contribution is 7.99. The Hall–Kier alpha value is 0.190. The molecule has 5 heteroatoms. The highest BCUT2D eigenvalue weighted by Crippen LogP contribution is 2.39. The van der Waals surface area contributed by atoms with Gasteiger partial charge in [0, 0.05) is 63.7 Å². The summed E-state index contributed by atoms with van der Waals surface area (Å²) in [5, 5.41) is 3.39. The van der Waals surface area contributed by atoms with E-state index in [0.717, 1.165) is 18.7 Å². The number of rotatable bonds is 2. The third kappa shape index (κ3) is 2.63. The summed E-state index contributed by atoms with van der Waals surface area (Å²) in [5.74, 6) is 2.53. The highest BCUT2D eigenvalue weighted by Gasteiger charge is 2.42. The first-order valence-corrected chi connectivity index (χ1v) is 9.41. The first kappa shape index (κ1) is 13.8. The Balaban J connectivity index is 1.32. The molecule has 1 spiro atoms. The molecule has 0 radical (unpaired) electrons. The van der Waals surface area contributed by atoms with Gasteiger partial charge in [-0.3, -0.25) is 9.80 Å². The third-order valence-electron chi connectivity index (χ3n) is 5.68. The van der Waals surface area contributed by atoms with Crippen LogP contribution in [0.25, 0.3) is 0 Å². The van der Waals surface area contributed by atoms with Crippen LogP contribution in [0.3, 0.4) is 0 Å². The van der Waals surface area contributed by atoms with E-state index in [1.54, 1.807) is 0 Å². The van der Waals surface area contributed by atoms with E-state index in [4.69, 9.17) is 4.74 Å². The molecule has 1 N–H and O–H groups in total. The maximum atomic E-state index is 6.17. The van der Waals surface area contributed by atoms with Gasteiger partial charge in [0.2, 0.25) is 0 Å². The van der Waals surface area contributed by atoms with Crippen LogP contribution >= 0.6 is 11.8 Å². The molecular formula is C15H27N3OS. The van der Waals surface area contributed by atoms with Crippen molar-refractivity contribution in [2.75, 3.05) is 57.4 Å². The van der Waals surface area contributed by atoms with Crippen molar-refractivity contribution in [3.63, 3.8) is 0 Å². The second-order valence-corrected chi connectivity index (χ2v) is 7.97. The van der Waals surface area contributed by atoms with Gasteiger partial charge in [0.25, 0.3) is 0 Å². The van der Waals surface area contributed by atoms with Gasteiger partial charge < -0.3 is 10.1 Å². The molecule has 0 saturated carbocycles. The number of piperazine rings is 1. The summed E-state index contributed by atoms with van der Waals surface area (Å²) in [4.78, 5) is 5.45. The van der Waals surface area contributed by atoms with E-state index < -0.39 is 0 Å². The van der Waals surface area contributed by atoms with E-state index in [1.165, 1.54) is 70.0 Å². The van der Waals surface area contributed by atoms with Crippen molar-refractivity contribution in [3.8, 4) is 0 Å². The molecule has 4 aliphatic heterocycles. The van der Waals surface area contributed by atoms with Gasteiger partial charge in [0.05, 0.1) is 5.60 Å². The lowest BCUT2D eigenvalue weighted by Crippen LogP contribution is -2.63. The summed E-state index contributed by atoms with van der Waals surface area (Å²) < 4.78 is 6.17. The maximum absolute atomic E-state index is 6.17. The Morgan fingerprint density at radius 1 is 1.05 bits per heavy atom. The Morgan fingerprint density at radius 2 is 1.80 bits per heavy atom. The van der Waals surface area contributed by atoms with Crippen molar-refractivity contribution in [1.82, 2.24) is 15.1 Å². The molecule has 4 fully saturated rings. The largest absolute Gasteiger partial charge is 0.374 e. The summed E-state index contributed by atoms with van der Waals surface area (Å²) >= 11 is 2.08. The second kappa shape index (κ2) is 5.76. The molecule has 2 atom stereocenters. The number of ether oxygens (including phenoxy) is 1. The Morgan fingerprint density at radius 3 is 2.40 bits per heavy atom. The van der Waals surface area contributed by atoms with Crippen molar-refractivity contribution in [1.29, 1.82) is 0 Å². The van der Waals surface area contributed by atoms with Gasteiger partial charge in [-0.15, -0.1) is 0 Å². The second-order valence-electron chi connectivity index (χ2n) is 6.86. The molecule has 0 aromatic heterocycles. The van der Waals surface area contributed by atoms with Crippen LogP contribution in [0.1, 0.15) is 19.3 Å². The molecule has 0 amide bonds. The fourth-order valence-electron chi connectivity index (χ4n) is 4.18. The zero-order valence-corrected chi connectivity index (χ0v) is 13.2. The molecule has 114 valence electrons. The van der Waals surface area contributed by atoms with Gasteiger partial charge in [0.15, 0.2) is 0 Å². The van der Waals surface area contributed by atoms with E-state index in [9.17, 15) is 0 Å². The first-order chi connectivity index (χ1) is 9.85. The number of nitrogens with one attached hydrogen (secondary N) is 1. The minimum absolute atomic E-state index is 0.239. The average Bonchev–Trinajstić information content (AvgIpc) is 2.86. The van der Waals surface area contributed by atoms with Crippen molar-refractivity contribution >= 4 is 11.8 Å². The van der Waals surface area contributed by atoms with Gasteiger partial charge in [-0.2, -0.15) is 11.8 Å². The summed E-state index contributed by atoms with van der Waals surface area (Å²) in [5.41, 5.74) is 0.239. The summed E-state index contributed by atoms with van der Waals surface area (Å²) in [6, 6.07) is 1.61. The zero-order chi connectivity index (χ0) is 13.4.